The highest BCUT2D eigenvalue weighted by molar-refractivity contribution is 5.98. The van der Waals surface area contributed by atoms with E-state index in [1.165, 1.54) is 5.56 Å². The molecule has 3 aromatic rings. The van der Waals surface area contributed by atoms with Crippen molar-refractivity contribution in [3.63, 3.8) is 0 Å². The van der Waals surface area contributed by atoms with Gasteiger partial charge in [0.25, 0.3) is 5.91 Å². The fraction of sp³-hybridized carbons (Fsp3) is 0.300. The largest absolute Gasteiger partial charge is 0.355 e. The van der Waals surface area contributed by atoms with Crippen LogP contribution in [0.1, 0.15) is 47.8 Å². The Bertz CT molecular complexity index is 837. The second-order valence-electron chi connectivity index (χ2n) is 6.59. The van der Waals surface area contributed by atoms with Gasteiger partial charge < -0.3 is 10.3 Å². The first-order chi connectivity index (χ1) is 11.6. The van der Waals surface area contributed by atoms with Crippen LogP contribution in [0.3, 0.4) is 0 Å². The Morgan fingerprint density at radius 1 is 1.17 bits per heavy atom. The monoisotopic (exact) mass is 321 g/mol. The van der Waals surface area contributed by atoms with Gasteiger partial charge in [0.05, 0.1) is 6.33 Å². The minimum absolute atomic E-state index is 0.0591. The number of hydrogen-bond acceptors (Lipinski definition) is 2. The molecule has 0 aliphatic heterocycles. The molecule has 2 N–H and O–H groups in total. The molecular formula is C20H23N3O. The zero-order chi connectivity index (χ0) is 17.1. The molecule has 1 amide bonds. The Kier molecular flexibility index (Phi) is 4.65. The summed E-state index contributed by atoms with van der Waals surface area (Å²) < 4.78 is 0. The number of aromatic nitrogens is 2. The van der Waals surface area contributed by atoms with Crippen molar-refractivity contribution < 1.29 is 4.79 Å². The van der Waals surface area contributed by atoms with E-state index in [1.54, 1.807) is 13.4 Å². The Balaban J connectivity index is 2.00. The van der Waals surface area contributed by atoms with Gasteiger partial charge in [-0.15, -0.1) is 0 Å². The van der Waals surface area contributed by atoms with Gasteiger partial charge >= 0.3 is 0 Å². The third kappa shape index (κ3) is 3.32. The van der Waals surface area contributed by atoms with Gasteiger partial charge in [0, 0.05) is 30.4 Å². The van der Waals surface area contributed by atoms with Crippen molar-refractivity contribution in [1.29, 1.82) is 0 Å². The normalized spacial score (nSPS) is 12.5. The summed E-state index contributed by atoms with van der Waals surface area (Å²) in [5.74, 6) is 0.830. The second kappa shape index (κ2) is 6.87. The average Bonchev–Trinajstić information content (AvgIpc) is 3.12. The Labute approximate surface area is 142 Å². The minimum Gasteiger partial charge on any atom is -0.355 e. The van der Waals surface area contributed by atoms with E-state index >= 15 is 0 Å². The first kappa shape index (κ1) is 16.2. The van der Waals surface area contributed by atoms with Gasteiger partial charge in [0.1, 0.15) is 0 Å². The number of carbonyl (C=O) groups is 1. The van der Waals surface area contributed by atoms with Crippen LogP contribution in [0.5, 0.6) is 0 Å². The van der Waals surface area contributed by atoms with E-state index in [2.05, 4.69) is 47.3 Å². The molecule has 0 saturated carbocycles. The lowest BCUT2D eigenvalue weighted by Gasteiger charge is -2.19. The van der Waals surface area contributed by atoms with E-state index in [4.69, 9.17) is 0 Å². The third-order valence-corrected chi connectivity index (χ3v) is 4.36. The van der Waals surface area contributed by atoms with Crippen molar-refractivity contribution in [3.8, 4) is 0 Å². The van der Waals surface area contributed by atoms with Gasteiger partial charge in [0.15, 0.2) is 0 Å². The lowest BCUT2D eigenvalue weighted by Crippen LogP contribution is -2.17. The van der Waals surface area contributed by atoms with Crippen LogP contribution in [-0.4, -0.2) is 22.9 Å². The molecule has 1 aromatic heterocycles. The van der Waals surface area contributed by atoms with Gasteiger partial charge in [-0.3, -0.25) is 4.79 Å². The smallest absolute Gasteiger partial charge is 0.251 e. The average molecular weight is 321 g/mol. The highest BCUT2D eigenvalue weighted by Gasteiger charge is 2.17. The van der Waals surface area contributed by atoms with Crippen molar-refractivity contribution in [2.75, 3.05) is 7.05 Å². The number of fused-ring (bicyclic) bond motifs is 1. The van der Waals surface area contributed by atoms with Crippen molar-refractivity contribution in [2.45, 2.75) is 26.2 Å². The number of nitrogens with one attached hydrogen (secondary N) is 2. The molecule has 3 rings (SSSR count). The standard InChI is InChI=1S/C20H23N3O/c1-13(2)8-18(19-11-22-12-23-19)16-6-4-15-10-17(20(24)21-3)7-5-14(15)9-16/h4-7,9-13,18H,8H2,1-3H3,(H,21,24)(H,22,23). The molecule has 1 heterocycles. The topological polar surface area (TPSA) is 57.8 Å². The van der Waals surface area contributed by atoms with Crippen LogP contribution in [0, 0.1) is 5.92 Å². The Morgan fingerprint density at radius 2 is 1.92 bits per heavy atom. The highest BCUT2D eigenvalue weighted by atomic mass is 16.1. The first-order valence-corrected chi connectivity index (χ1v) is 8.32. The highest BCUT2D eigenvalue weighted by Crippen LogP contribution is 2.31. The van der Waals surface area contributed by atoms with Crippen molar-refractivity contribution in [2.24, 2.45) is 5.92 Å². The molecule has 124 valence electrons. The maximum Gasteiger partial charge on any atom is 0.251 e. The summed E-state index contributed by atoms with van der Waals surface area (Å²) in [6, 6.07) is 12.3. The van der Waals surface area contributed by atoms with Crippen molar-refractivity contribution in [3.05, 3.63) is 65.7 Å². The number of aromatic amines is 1. The van der Waals surface area contributed by atoms with Crippen LogP contribution < -0.4 is 5.32 Å². The molecule has 4 heteroatoms. The number of nitrogens with zero attached hydrogens (tertiary/aromatic N) is 1. The van der Waals surface area contributed by atoms with Crippen molar-refractivity contribution >= 4 is 16.7 Å². The van der Waals surface area contributed by atoms with Crippen LogP contribution in [0.15, 0.2) is 48.9 Å². The summed E-state index contributed by atoms with van der Waals surface area (Å²) in [7, 11) is 1.65. The zero-order valence-electron chi connectivity index (χ0n) is 14.3. The van der Waals surface area contributed by atoms with Gasteiger partial charge in [-0.25, -0.2) is 4.98 Å². The van der Waals surface area contributed by atoms with Crippen LogP contribution in [0.2, 0.25) is 0 Å². The number of hydrogen-bond donors (Lipinski definition) is 2. The quantitative estimate of drug-likeness (QED) is 0.743. The van der Waals surface area contributed by atoms with Gasteiger partial charge in [-0.05, 0) is 40.8 Å². The lowest BCUT2D eigenvalue weighted by molar-refractivity contribution is 0.0963. The molecule has 0 saturated heterocycles. The fourth-order valence-corrected chi connectivity index (χ4v) is 3.14. The number of benzene rings is 2. The molecule has 1 unspecified atom stereocenters. The predicted molar refractivity (Wildman–Crippen MR) is 97.2 cm³/mol. The van der Waals surface area contributed by atoms with Gasteiger partial charge in [0.2, 0.25) is 0 Å². The number of imidazole rings is 1. The van der Waals surface area contributed by atoms with E-state index in [1.807, 2.05) is 24.4 Å². The van der Waals surface area contributed by atoms with Crippen LogP contribution in [0.25, 0.3) is 10.8 Å². The summed E-state index contributed by atoms with van der Waals surface area (Å²) in [4.78, 5) is 19.2. The molecular weight excluding hydrogens is 298 g/mol. The summed E-state index contributed by atoms with van der Waals surface area (Å²) in [5, 5.41) is 4.89. The minimum atomic E-state index is -0.0591. The van der Waals surface area contributed by atoms with Gasteiger partial charge in [-0.2, -0.15) is 0 Å². The van der Waals surface area contributed by atoms with Crippen LogP contribution in [0.4, 0.5) is 0 Å². The molecule has 2 aromatic carbocycles. The molecule has 4 nitrogen and oxygen atoms in total. The van der Waals surface area contributed by atoms with E-state index in [9.17, 15) is 4.79 Å². The van der Waals surface area contributed by atoms with Crippen LogP contribution >= 0.6 is 0 Å². The summed E-state index contributed by atoms with van der Waals surface area (Å²) in [6.07, 6.45) is 4.70. The van der Waals surface area contributed by atoms with Crippen LogP contribution in [-0.2, 0) is 0 Å². The van der Waals surface area contributed by atoms with E-state index in [0.29, 0.717) is 17.4 Å². The lowest BCUT2D eigenvalue weighted by atomic mass is 9.87. The number of rotatable bonds is 5. The summed E-state index contributed by atoms with van der Waals surface area (Å²) in [6.45, 7) is 4.47. The zero-order valence-corrected chi connectivity index (χ0v) is 14.3. The SMILES string of the molecule is CNC(=O)c1ccc2cc(C(CC(C)C)c3cnc[nH]3)ccc2c1. The Morgan fingerprint density at radius 3 is 2.58 bits per heavy atom. The molecule has 0 aliphatic rings. The maximum absolute atomic E-state index is 11.8. The van der Waals surface area contributed by atoms with E-state index in [0.717, 1.165) is 22.9 Å². The predicted octanol–water partition coefficient (Wildman–Crippen LogP) is 4.10. The second-order valence-corrected chi connectivity index (χ2v) is 6.59. The third-order valence-electron chi connectivity index (χ3n) is 4.36. The van der Waals surface area contributed by atoms with Crippen molar-refractivity contribution in [1.82, 2.24) is 15.3 Å². The molecule has 0 spiro atoms. The first-order valence-electron chi connectivity index (χ1n) is 8.32. The molecule has 0 radical (unpaired) electrons. The fourth-order valence-electron chi connectivity index (χ4n) is 3.14. The van der Waals surface area contributed by atoms with E-state index < -0.39 is 0 Å². The Hall–Kier alpha value is -2.62. The molecule has 1 atom stereocenters. The molecule has 0 fully saturated rings. The summed E-state index contributed by atoms with van der Waals surface area (Å²) >= 11 is 0. The maximum atomic E-state index is 11.8. The molecule has 0 bridgehead atoms. The number of amides is 1. The number of H-pyrrole nitrogens is 1. The molecule has 24 heavy (non-hydrogen) atoms. The summed E-state index contributed by atoms with van der Waals surface area (Å²) in [5.41, 5.74) is 3.10. The van der Waals surface area contributed by atoms with E-state index in [-0.39, 0.29) is 5.91 Å². The molecule has 0 aliphatic carbocycles. The van der Waals surface area contributed by atoms with Gasteiger partial charge in [-0.1, -0.05) is 38.1 Å². The number of carbonyl (C=O) groups excluding carboxylic acids is 1.